The molecule has 6 nitrogen and oxygen atoms in total. The molecule has 1 aliphatic rings. The Morgan fingerprint density at radius 2 is 2.04 bits per heavy atom. The topological polar surface area (TPSA) is 83.9 Å². The van der Waals surface area contributed by atoms with Gasteiger partial charge in [-0.05, 0) is 31.7 Å². The third-order valence-electron chi connectivity index (χ3n) is 4.64. The maximum atomic E-state index is 12.8. The van der Waals surface area contributed by atoms with Crippen molar-refractivity contribution >= 4 is 16.0 Å². The fourth-order valence-corrected chi connectivity index (χ4v) is 5.23. The van der Waals surface area contributed by atoms with Gasteiger partial charge in [0.25, 0.3) is 0 Å². The van der Waals surface area contributed by atoms with Crippen LogP contribution in [0.5, 0.6) is 0 Å². The molecule has 1 fully saturated rings. The fraction of sp³-hybridized carbons (Fsp3) is 0.588. The molecule has 24 heavy (non-hydrogen) atoms. The van der Waals surface area contributed by atoms with Crippen LogP contribution in [0.25, 0.3) is 0 Å². The molecule has 1 heterocycles. The van der Waals surface area contributed by atoms with Gasteiger partial charge in [-0.1, -0.05) is 30.3 Å². The number of rotatable bonds is 7. The van der Waals surface area contributed by atoms with Crippen LogP contribution in [0, 0.1) is 5.92 Å². The van der Waals surface area contributed by atoms with Crippen LogP contribution < -0.4 is 0 Å². The standard InChI is InChI=1S/C17H25NO5S/c1-13-16(17(19)20)9-6-10-18(13)24(21,22)12-15(23-2)11-14-7-4-3-5-8-14/h3-5,7-8,13,15-16H,6,9-12H2,1-2H3,(H,19,20)/t13-,15?,16-/m0/s1. The minimum absolute atomic E-state index is 0.144. The highest BCUT2D eigenvalue weighted by atomic mass is 32.2. The Balaban J connectivity index is 2.09. The summed E-state index contributed by atoms with van der Waals surface area (Å²) in [4.78, 5) is 11.3. The van der Waals surface area contributed by atoms with Crippen molar-refractivity contribution in [2.75, 3.05) is 19.4 Å². The van der Waals surface area contributed by atoms with Gasteiger partial charge in [0.05, 0.1) is 17.8 Å². The first-order valence-electron chi connectivity index (χ1n) is 8.14. The first kappa shape index (κ1) is 18.9. The van der Waals surface area contributed by atoms with Gasteiger partial charge < -0.3 is 9.84 Å². The van der Waals surface area contributed by atoms with Crippen LogP contribution in [0.3, 0.4) is 0 Å². The number of aliphatic carboxylic acids is 1. The van der Waals surface area contributed by atoms with Crippen LogP contribution >= 0.6 is 0 Å². The quantitative estimate of drug-likeness (QED) is 0.806. The number of nitrogens with zero attached hydrogens (tertiary/aromatic N) is 1. The van der Waals surface area contributed by atoms with E-state index in [1.165, 1.54) is 11.4 Å². The van der Waals surface area contributed by atoms with Crippen LogP contribution in [0.4, 0.5) is 0 Å². The zero-order chi connectivity index (χ0) is 17.7. The average molecular weight is 355 g/mol. The van der Waals surface area contributed by atoms with Crippen molar-refractivity contribution in [1.82, 2.24) is 4.31 Å². The number of methoxy groups -OCH3 is 1. The second-order valence-corrected chi connectivity index (χ2v) is 8.23. The van der Waals surface area contributed by atoms with Crippen molar-refractivity contribution in [2.24, 2.45) is 5.92 Å². The van der Waals surface area contributed by atoms with Crippen molar-refractivity contribution in [2.45, 2.75) is 38.3 Å². The Kier molecular flexibility index (Phi) is 6.37. The van der Waals surface area contributed by atoms with Crippen molar-refractivity contribution in [3.8, 4) is 0 Å². The van der Waals surface area contributed by atoms with Crippen LogP contribution in [-0.4, -0.2) is 55.4 Å². The van der Waals surface area contributed by atoms with Crippen molar-refractivity contribution in [1.29, 1.82) is 0 Å². The summed E-state index contributed by atoms with van der Waals surface area (Å²) in [5.41, 5.74) is 1.01. The summed E-state index contributed by atoms with van der Waals surface area (Å²) in [6.07, 6.45) is 1.12. The summed E-state index contributed by atoms with van der Waals surface area (Å²) in [6.45, 7) is 2.05. The first-order valence-corrected chi connectivity index (χ1v) is 9.75. The largest absolute Gasteiger partial charge is 0.481 e. The second kappa shape index (κ2) is 8.09. The predicted octanol–water partition coefficient (Wildman–Crippen LogP) is 1.76. The molecule has 0 amide bonds. The molecule has 0 spiro atoms. The molecule has 134 valence electrons. The Bertz CT molecular complexity index is 646. The van der Waals surface area contributed by atoms with Crippen LogP contribution in [0.2, 0.25) is 0 Å². The Hall–Kier alpha value is -1.44. The minimum Gasteiger partial charge on any atom is -0.481 e. The molecule has 3 atom stereocenters. The van der Waals surface area contributed by atoms with E-state index in [0.717, 1.165) is 5.56 Å². The highest BCUT2D eigenvalue weighted by Crippen LogP contribution is 2.27. The number of hydrogen-bond donors (Lipinski definition) is 1. The molecular formula is C17H25NO5S. The molecule has 1 aromatic rings. The molecule has 1 aliphatic heterocycles. The van der Waals surface area contributed by atoms with E-state index in [2.05, 4.69) is 0 Å². The zero-order valence-electron chi connectivity index (χ0n) is 14.1. The molecule has 0 radical (unpaired) electrons. The van der Waals surface area contributed by atoms with Gasteiger partial charge in [0.2, 0.25) is 10.0 Å². The number of carboxylic acid groups (broad SMARTS) is 1. The van der Waals surface area contributed by atoms with Crippen molar-refractivity contribution in [3.63, 3.8) is 0 Å². The fourth-order valence-electron chi connectivity index (χ4n) is 3.25. The summed E-state index contributed by atoms with van der Waals surface area (Å²) in [5, 5.41) is 9.27. The lowest BCUT2D eigenvalue weighted by Gasteiger charge is -2.37. The third kappa shape index (κ3) is 4.55. The first-order chi connectivity index (χ1) is 11.3. The monoisotopic (exact) mass is 355 g/mol. The molecule has 0 aromatic heterocycles. The van der Waals surface area contributed by atoms with Crippen LogP contribution in [0.1, 0.15) is 25.3 Å². The highest BCUT2D eigenvalue weighted by Gasteiger charge is 2.39. The molecule has 1 saturated heterocycles. The van der Waals surface area contributed by atoms with Gasteiger partial charge in [-0.3, -0.25) is 4.79 Å². The molecular weight excluding hydrogens is 330 g/mol. The molecule has 2 rings (SSSR count). The molecule has 0 saturated carbocycles. The summed E-state index contributed by atoms with van der Waals surface area (Å²) in [5.74, 6) is -1.73. The Morgan fingerprint density at radius 1 is 1.38 bits per heavy atom. The molecule has 1 unspecified atom stereocenters. The molecule has 0 bridgehead atoms. The maximum Gasteiger partial charge on any atom is 0.308 e. The smallest absolute Gasteiger partial charge is 0.308 e. The predicted molar refractivity (Wildman–Crippen MR) is 91.3 cm³/mol. The number of carbonyl (C=O) groups is 1. The van der Waals surface area contributed by atoms with Crippen molar-refractivity contribution in [3.05, 3.63) is 35.9 Å². The Labute approximate surface area is 143 Å². The summed E-state index contributed by atoms with van der Waals surface area (Å²) < 4.78 is 32.3. The molecule has 0 aliphatic carbocycles. The summed E-state index contributed by atoms with van der Waals surface area (Å²) in [7, 11) is -2.08. The van der Waals surface area contributed by atoms with Gasteiger partial charge >= 0.3 is 5.97 Å². The van der Waals surface area contributed by atoms with E-state index in [1.807, 2.05) is 30.3 Å². The van der Waals surface area contributed by atoms with E-state index < -0.39 is 34.1 Å². The highest BCUT2D eigenvalue weighted by molar-refractivity contribution is 7.89. The molecule has 7 heteroatoms. The molecule has 1 aromatic carbocycles. The van der Waals surface area contributed by atoms with Gasteiger partial charge in [-0.15, -0.1) is 0 Å². The van der Waals surface area contributed by atoms with E-state index >= 15 is 0 Å². The van der Waals surface area contributed by atoms with Gasteiger partial charge in [0.15, 0.2) is 0 Å². The van der Waals surface area contributed by atoms with Crippen molar-refractivity contribution < 1.29 is 23.1 Å². The third-order valence-corrected chi connectivity index (χ3v) is 6.66. The van der Waals surface area contributed by atoms with Gasteiger partial charge in [0.1, 0.15) is 0 Å². The van der Waals surface area contributed by atoms with E-state index in [4.69, 9.17) is 4.74 Å². The normalized spacial score (nSPS) is 23.8. The number of piperidine rings is 1. The van der Waals surface area contributed by atoms with Gasteiger partial charge in [0, 0.05) is 19.7 Å². The molecule has 1 N–H and O–H groups in total. The number of sulfonamides is 1. The lowest BCUT2D eigenvalue weighted by molar-refractivity contribution is -0.144. The van der Waals surface area contributed by atoms with Crippen LogP contribution in [0.15, 0.2) is 30.3 Å². The Morgan fingerprint density at radius 3 is 2.62 bits per heavy atom. The maximum absolute atomic E-state index is 12.8. The number of hydrogen-bond acceptors (Lipinski definition) is 4. The van der Waals surface area contributed by atoms with Gasteiger partial charge in [-0.25, -0.2) is 8.42 Å². The lowest BCUT2D eigenvalue weighted by atomic mass is 9.92. The number of benzene rings is 1. The van der Waals surface area contributed by atoms with E-state index in [1.54, 1.807) is 6.92 Å². The lowest BCUT2D eigenvalue weighted by Crippen LogP contribution is -2.51. The average Bonchev–Trinajstić information content (AvgIpc) is 2.54. The van der Waals surface area contributed by atoms with E-state index in [-0.39, 0.29) is 5.75 Å². The number of carboxylic acids is 1. The summed E-state index contributed by atoms with van der Waals surface area (Å²) >= 11 is 0. The zero-order valence-corrected chi connectivity index (χ0v) is 14.9. The summed E-state index contributed by atoms with van der Waals surface area (Å²) in [6, 6.07) is 9.05. The number of ether oxygens (including phenoxy) is 1. The van der Waals surface area contributed by atoms with E-state index in [9.17, 15) is 18.3 Å². The van der Waals surface area contributed by atoms with Crippen LogP contribution in [-0.2, 0) is 26.0 Å². The van der Waals surface area contributed by atoms with E-state index in [0.29, 0.717) is 25.8 Å². The minimum atomic E-state index is -3.59. The second-order valence-electron chi connectivity index (χ2n) is 6.26. The SMILES string of the molecule is COC(Cc1ccccc1)CS(=O)(=O)N1CCC[C@H](C(=O)O)[C@@H]1C. The van der Waals surface area contributed by atoms with Gasteiger partial charge in [-0.2, -0.15) is 4.31 Å².